The van der Waals surface area contributed by atoms with E-state index in [0.29, 0.717) is 24.8 Å². The molecule has 0 N–H and O–H groups in total. The van der Waals surface area contributed by atoms with Crippen LogP contribution in [0.25, 0.3) is 17.5 Å². The van der Waals surface area contributed by atoms with Crippen molar-refractivity contribution in [1.82, 2.24) is 19.9 Å². The normalized spacial score (nSPS) is 16.4. The van der Waals surface area contributed by atoms with E-state index in [-0.39, 0.29) is 11.9 Å². The number of rotatable bonds is 5. The summed E-state index contributed by atoms with van der Waals surface area (Å²) in [6.07, 6.45) is 3.53. The Hall–Kier alpha value is -2.29. The van der Waals surface area contributed by atoms with E-state index in [2.05, 4.69) is 37.9 Å². The summed E-state index contributed by atoms with van der Waals surface area (Å²) in [5.41, 5.74) is 0.940. The molecule has 0 radical (unpaired) electrons. The van der Waals surface area contributed by atoms with Gasteiger partial charge in [0.2, 0.25) is 17.6 Å². The molecule has 4 rings (SSSR count). The molecule has 1 atom stereocenters. The predicted octanol–water partition coefficient (Wildman–Crippen LogP) is 4.48. The highest BCUT2D eigenvalue weighted by Gasteiger charge is 2.27. The third-order valence-corrected chi connectivity index (χ3v) is 6.58. The third-order valence-electron chi connectivity index (χ3n) is 4.99. The first-order valence-corrected chi connectivity index (χ1v) is 11.1. The summed E-state index contributed by atoms with van der Waals surface area (Å²) in [5.74, 6) is 1.25. The molecule has 6 nitrogen and oxygen atoms in total. The fourth-order valence-corrected chi connectivity index (χ4v) is 4.60. The summed E-state index contributed by atoms with van der Waals surface area (Å²) < 4.78 is 6.56. The number of amides is 1. The first-order chi connectivity index (χ1) is 14.1. The molecule has 0 aliphatic carbocycles. The molecule has 0 bridgehead atoms. The maximum absolute atomic E-state index is 12.5. The summed E-state index contributed by atoms with van der Waals surface area (Å²) >= 11 is 5.04. The molecule has 1 saturated heterocycles. The third kappa shape index (κ3) is 4.83. The Bertz CT molecular complexity index is 993. The van der Waals surface area contributed by atoms with Crippen molar-refractivity contribution in [3.8, 4) is 11.4 Å². The zero-order valence-electron chi connectivity index (χ0n) is 16.0. The van der Waals surface area contributed by atoms with Crippen molar-refractivity contribution in [2.45, 2.75) is 13.0 Å². The number of benzene rings is 1. The lowest BCUT2D eigenvalue weighted by Gasteiger charge is -2.36. The van der Waals surface area contributed by atoms with Gasteiger partial charge in [-0.15, -0.1) is 11.3 Å². The molecule has 29 heavy (non-hydrogen) atoms. The van der Waals surface area contributed by atoms with Crippen LogP contribution in [-0.4, -0.2) is 52.0 Å². The number of carbonyl (C=O) groups excluding carboxylic acids is 1. The van der Waals surface area contributed by atoms with Crippen LogP contribution in [0.1, 0.15) is 23.7 Å². The lowest BCUT2D eigenvalue weighted by Crippen LogP contribution is -2.48. The van der Waals surface area contributed by atoms with Gasteiger partial charge in [-0.2, -0.15) is 4.98 Å². The first-order valence-electron chi connectivity index (χ1n) is 9.45. The minimum absolute atomic E-state index is 0.0104. The molecule has 1 aliphatic rings. The van der Waals surface area contributed by atoms with Gasteiger partial charge < -0.3 is 9.42 Å². The maximum atomic E-state index is 12.5. The van der Waals surface area contributed by atoms with E-state index in [1.54, 1.807) is 17.4 Å². The number of hydrogen-bond donors (Lipinski definition) is 0. The largest absolute Gasteiger partial charge is 0.337 e. The fraction of sp³-hybridized carbons (Fsp3) is 0.286. The van der Waals surface area contributed by atoms with E-state index in [0.717, 1.165) is 27.3 Å². The molecule has 1 amide bonds. The summed E-state index contributed by atoms with van der Waals surface area (Å²) in [4.78, 5) is 22.2. The van der Waals surface area contributed by atoms with Crippen molar-refractivity contribution in [3.05, 3.63) is 63.1 Å². The van der Waals surface area contributed by atoms with Crippen molar-refractivity contribution in [3.63, 3.8) is 0 Å². The molecule has 1 aromatic carbocycles. The zero-order chi connectivity index (χ0) is 20.2. The summed E-state index contributed by atoms with van der Waals surface area (Å²) in [7, 11) is 0. The van der Waals surface area contributed by atoms with Crippen LogP contribution in [-0.2, 0) is 4.79 Å². The molecule has 1 unspecified atom stereocenters. The van der Waals surface area contributed by atoms with E-state index < -0.39 is 0 Å². The highest BCUT2D eigenvalue weighted by Crippen LogP contribution is 2.24. The molecule has 1 fully saturated rings. The first kappa shape index (κ1) is 20.0. The Morgan fingerprint density at radius 2 is 1.93 bits per heavy atom. The van der Waals surface area contributed by atoms with Crippen molar-refractivity contribution in [2.75, 3.05) is 26.2 Å². The minimum atomic E-state index is 0.0104. The van der Waals surface area contributed by atoms with Gasteiger partial charge in [-0.1, -0.05) is 35.5 Å². The van der Waals surface area contributed by atoms with Crippen LogP contribution in [0.4, 0.5) is 0 Å². The Morgan fingerprint density at radius 1 is 1.17 bits per heavy atom. The average molecular weight is 473 g/mol. The topological polar surface area (TPSA) is 62.5 Å². The molecule has 2 aromatic heterocycles. The van der Waals surface area contributed by atoms with E-state index in [9.17, 15) is 4.79 Å². The standard InChI is InChI=1S/C21H21BrN4O2S/c1-15(21-23-20(24-28-21)16-5-3-2-4-6-16)25-11-13-26(14-12-25)19(27)10-8-17-7-9-18(22)29-17/h2-10,15H,11-14H2,1H3/b10-8+. The van der Waals surface area contributed by atoms with Gasteiger partial charge in [0.25, 0.3) is 0 Å². The smallest absolute Gasteiger partial charge is 0.246 e. The maximum Gasteiger partial charge on any atom is 0.246 e. The monoisotopic (exact) mass is 472 g/mol. The summed E-state index contributed by atoms with van der Waals surface area (Å²) in [6, 6.07) is 13.8. The quantitative estimate of drug-likeness (QED) is 0.512. The second-order valence-electron chi connectivity index (χ2n) is 6.83. The Labute approximate surface area is 182 Å². The second-order valence-corrected chi connectivity index (χ2v) is 9.33. The highest BCUT2D eigenvalue weighted by molar-refractivity contribution is 9.11. The molecular formula is C21H21BrN4O2S. The fourth-order valence-electron chi connectivity index (χ4n) is 3.27. The van der Waals surface area contributed by atoms with Crippen molar-refractivity contribution in [2.24, 2.45) is 0 Å². The molecule has 1 aliphatic heterocycles. The Morgan fingerprint density at radius 3 is 2.62 bits per heavy atom. The number of piperazine rings is 1. The van der Waals surface area contributed by atoms with Crippen molar-refractivity contribution < 1.29 is 9.32 Å². The van der Waals surface area contributed by atoms with Crippen LogP contribution < -0.4 is 0 Å². The number of thiophene rings is 1. The average Bonchev–Trinajstić information content (AvgIpc) is 3.41. The van der Waals surface area contributed by atoms with Gasteiger partial charge in [0, 0.05) is 42.7 Å². The molecule has 0 saturated carbocycles. The van der Waals surface area contributed by atoms with Gasteiger partial charge in [-0.3, -0.25) is 9.69 Å². The lowest BCUT2D eigenvalue weighted by atomic mass is 10.2. The minimum Gasteiger partial charge on any atom is -0.337 e. The SMILES string of the molecule is CC(c1nc(-c2ccccc2)no1)N1CCN(C(=O)/C=C/c2ccc(Br)s2)CC1. The number of hydrogen-bond acceptors (Lipinski definition) is 6. The van der Waals surface area contributed by atoms with Crippen LogP contribution >= 0.6 is 27.3 Å². The lowest BCUT2D eigenvalue weighted by molar-refractivity contribution is -0.128. The van der Waals surface area contributed by atoms with Gasteiger partial charge in [-0.25, -0.2) is 0 Å². The van der Waals surface area contributed by atoms with E-state index in [1.165, 1.54) is 0 Å². The van der Waals surface area contributed by atoms with Crippen LogP contribution in [0.3, 0.4) is 0 Å². The molecule has 8 heteroatoms. The Kier molecular flexibility index (Phi) is 6.22. The number of aromatic nitrogens is 2. The highest BCUT2D eigenvalue weighted by atomic mass is 79.9. The van der Waals surface area contributed by atoms with Gasteiger partial charge >= 0.3 is 0 Å². The van der Waals surface area contributed by atoms with Crippen LogP contribution in [0, 0.1) is 0 Å². The van der Waals surface area contributed by atoms with E-state index in [4.69, 9.17) is 4.52 Å². The molecule has 3 aromatic rings. The number of halogens is 1. The molecule has 0 spiro atoms. The number of carbonyl (C=O) groups is 1. The van der Waals surface area contributed by atoms with Gasteiger partial charge in [0.15, 0.2) is 0 Å². The van der Waals surface area contributed by atoms with Crippen molar-refractivity contribution >= 4 is 39.2 Å². The number of nitrogens with zero attached hydrogens (tertiary/aromatic N) is 4. The van der Waals surface area contributed by atoms with Crippen LogP contribution in [0.5, 0.6) is 0 Å². The summed E-state index contributed by atoms with van der Waals surface area (Å²) in [6.45, 7) is 4.97. The second kappa shape index (κ2) is 9.02. The molecule has 3 heterocycles. The molecule has 150 valence electrons. The Balaban J connectivity index is 1.33. The zero-order valence-corrected chi connectivity index (χ0v) is 18.4. The van der Waals surface area contributed by atoms with Crippen LogP contribution in [0.2, 0.25) is 0 Å². The van der Waals surface area contributed by atoms with E-state index >= 15 is 0 Å². The van der Waals surface area contributed by atoms with Crippen LogP contribution in [0.15, 0.2) is 56.9 Å². The molecular weight excluding hydrogens is 452 g/mol. The van der Waals surface area contributed by atoms with Gasteiger partial charge in [-0.05, 0) is 41.1 Å². The van der Waals surface area contributed by atoms with Gasteiger partial charge in [0.1, 0.15) is 0 Å². The van der Waals surface area contributed by atoms with E-state index in [1.807, 2.05) is 53.4 Å². The van der Waals surface area contributed by atoms with Crippen molar-refractivity contribution in [1.29, 1.82) is 0 Å². The predicted molar refractivity (Wildman–Crippen MR) is 117 cm³/mol. The summed E-state index contributed by atoms with van der Waals surface area (Å²) in [5, 5.41) is 4.11. The van der Waals surface area contributed by atoms with Gasteiger partial charge in [0.05, 0.1) is 9.83 Å².